The summed E-state index contributed by atoms with van der Waals surface area (Å²) in [5.41, 5.74) is 0.312. The van der Waals surface area contributed by atoms with E-state index in [2.05, 4.69) is 0 Å². The summed E-state index contributed by atoms with van der Waals surface area (Å²) >= 11 is 0. The van der Waals surface area contributed by atoms with Gasteiger partial charge in [-0.3, -0.25) is 0 Å². The molecule has 0 heterocycles. The summed E-state index contributed by atoms with van der Waals surface area (Å²) in [7, 11) is 2.58. The summed E-state index contributed by atoms with van der Waals surface area (Å²) in [6.07, 6.45) is 0. The minimum absolute atomic E-state index is 0. The van der Waals surface area contributed by atoms with E-state index < -0.39 is 8.80 Å². The molecule has 0 aliphatic heterocycles. The normalized spacial score (nSPS) is 11.5. The minimum atomic E-state index is -2.29. The van der Waals surface area contributed by atoms with Gasteiger partial charge in [0.15, 0.2) is 0 Å². The highest BCUT2D eigenvalue weighted by molar-refractivity contribution is 6.62. The lowest BCUT2D eigenvalue weighted by Gasteiger charge is -2.27. The standard InChI is InChI=1S/C6H16O3Si.H2O/c1-6(2)10(7-3,8-4)9-5;/h6H,1-5H3;1H2. The highest BCUT2D eigenvalue weighted by Gasteiger charge is 2.41. The molecule has 0 amide bonds. The van der Waals surface area contributed by atoms with Gasteiger partial charge in [-0.2, -0.15) is 0 Å². The van der Waals surface area contributed by atoms with Crippen LogP contribution in [0.3, 0.4) is 0 Å². The molecule has 0 unspecified atom stereocenters. The first-order valence-corrected chi connectivity index (χ1v) is 5.08. The Morgan fingerprint density at radius 2 is 1.18 bits per heavy atom. The van der Waals surface area contributed by atoms with Crippen LogP contribution in [-0.2, 0) is 13.3 Å². The van der Waals surface area contributed by atoms with Crippen molar-refractivity contribution in [3.05, 3.63) is 0 Å². The summed E-state index contributed by atoms with van der Waals surface area (Å²) in [5.74, 6) is 0. The maximum atomic E-state index is 5.19. The molecule has 0 saturated carbocycles. The third-order valence-corrected chi connectivity index (χ3v) is 4.68. The highest BCUT2D eigenvalue weighted by atomic mass is 28.4. The van der Waals surface area contributed by atoms with Gasteiger partial charge in [0.1, 0.15) is 0 Å². The Balaban J connectivity index is 0. The second-order valence-corrected chi connectivity index (χ2v) is 5.96. The van der Waals surface area contributed by atoms with Gasteiger partial charge in [0.25, 0.3) is 0 Å². The molecule has 0 radical (unpaired) electrons. The molecule has 70 valence electrons. The predicted molar refractivity (Wildman–Crippen MR) is 45.5 cm³/mol. The third-order valence-electron chi connectivity index (χ3n) is 1.56. The molecule has 0 spiro atoms. The van der Waals surface area contributed by atoms with Gasteiger partial charge in [0, 0.05) is 26.9 Å². The predicted octanol–water partition coefficient (Wildman–Crippen LogP) is 0.450. The molecular weight excluding hydrogens is 164 g/mol. The molecule has 5 heteroatoms. The van der Waals surface area contributed by atoms with Crippen LogP contribution in [0.4, 0.5) is 0 Å². The second kappa shape index (κ2) is 5.67. The van der Waals surface area contributed by atoms with Gasteiger partial charge in [-0.15, -0.1) is 0 Å². The zero-order valence-corrected chi connectivity index (χ0v) is 8.80. The van der Waals surface area contributed by atoms with E-state index >= 15 is 0 Å². The van der Waals surface area contributed by atoms with Crippen LogP contribution < -0.4 is 0 Å². The molecule has 0 aliphatic rings. The van der Waals surface area contributed by atoms with E-state index in [0.29, 0.717) is 5.54 Å². The van der Waals surface area contributed by atoms with Crippen LogP contribution in [0.2, 0.25) is 5.54 Å². The van der Waals surface area contributed by atoms with Gasteiger partial charge in [-0.1, -0.05) is 13.8 Å². The van der Waals surface area contributed by atoms with Gasteiger partial charge in [-0.25, -0.2) is 0 Å². The second-order valence-electron chi connectivity index (χ2n) is 2.37. The molecule has 0 saturated heterocycles. The molecule has 11 heavy (non-hydrogen) atoms. The Morgan fingerprint density at radius 3 is 1.18 bits per heavy atom. The van der Waals surface area contributed by atoms with Crippen LogP contribution >= 0.6 is 0 Å². The zero-order chi connectivity index (χ0) is 8.20. The SMILES string of the molecule is CO[Si](OC)(OC)C(C)C.O. The third kappa shape index (κ3) is 2.88. The molecular formula is C6H18O4Si. The average molecular weight is 182 g/mol. The molecule has 0 atom stereocenters. The van der Waals surface area contributed by atoms with E-state index in [0.717, 1.165) is 0 Å². The summed E-state index contributed by atoms with van der Waals surface area (Å²) < 4.78 is 15.6. The van der Waals surface area contributed by atoms with Crippen molar-refractivity contribution in [3.8, 4) is 0 Å². The van der Waals surface area contributed by atoms with Crippen molar-refractivity contribution < 1.29 is 18.8 Å². The molecule has 0 rings (SSSR count). The van der Waals surface area contributed by atoms with Crippen LogP contribution in [0.15, 0.2) is 0 Å². The molecule has 4 nitrogen and oxygen atoms in total. The van der Waals surface area contributed by atoms with E-state index in [-0.39, 0.29) is 5.48 Å². The Hall–Kier alpha value is 0.0569. The first-order valence-electron chi connectivity index (χ1n) is 3.28. The maximum Gasteiger partial charge on any atom is 0.502 e. The van der Waals surface area contributed by atoms with Crippen molar-refractivity contribution in [2.24, 2.45) is 0 Å². The molecule has 0 aromatic carbocycles. The Labute approximate surface area is 69.1 Å². The maximum absolute atomic E-state index is 5.19. The van der Waals surface area contributed by atoms with Crippen LogP contribution in [0, 0.1) is 0 Å². The zero-order valence-electron chi connectivity index (χ0n) is 7.80. The Kier molecular flexibility index (Phi) is 7.03. The Bertz CT molecular complexity index is 84.3. The smallest absolute Gasteiger partial charge is 0.412 e. The number of hydrogen-bond donors (Lipinski definition) is 0. The van der Waals surface area contributed by atoms with E-state index in [4.69, 9.17) is 13.3 Å². The fraction of sp³-hybridized carbons (Fsp3) is 1.00. The number of hydrogen-bond acceptors (Lipinski definition) is 3. The highest BCUT2D eigenvalue weighted by Crippen LogP contribution is 2.21. The topological polar surface area (TPSA) is 59.2 Å². The van der Waals surface area contributed by atoms with Crippen LogP contribution in [0.5, 0.6) is 0 Å². The molecule has 0 aromatic heterocycles. The fourth-order valence-electron chi connectivity index (χ4n) is 0.957. The molecule has 0 aromatic rings. The van der Waals surface area contributed by atoms with Crippen LogP contribution in [0.25, 0.3) is 0 Å². The van der Waals surface area contributed by atoms with Crippen molar-refractivity contribution in [2.75, 3.05) is 21.3 Å². The fourth-order valence-corrected chi connectivity index (χ4v) is 2.87. The van der Waals surface area contributed by atoms with Gasteiger partial charge in [0.2, 0.25) is 0 Å². The van der Waals surface area contributed by atoms with Crippen molar-refractivity contribution in [1.82, 2.24) is 0 Å². The monoisotopic (exact) mass is 182 g/mol. The quantitative estimate of drug-likeness (QED) is 0.593. The molecule has 0 aliphatic carbocycles. The van der Waals surface area contributed by atoms with Gasteiger partial charge in [0.05, 0.1) is 0 Å². The van der Waals surface area contributed by atoms with Gasteiger partial charge < -0.3 is 18.8 Å². The van der Waals surface area contributed by atoms with E-state index in [1.54, 1.807) is 21.3 Å². The molecule has 2 N–H and O–H groups in total. The van der Waals surface area contributed by atoms with E-state index in [9.17, 15) is 0 Å². The van der Waals surface area contributed by atoms with Crippen molar-refractivity contribution >= 4 is 8.80 Å². The first-order chi connectivity index (χ1) is 4.63. The van der Waals surface area contributed by atoms with E-state index in [1.807, 2.05) is 13.8 Å². The molecule has 0 bridgehead atoms. The van der Waals surface area contributed by atoms with Gasteiger partial charge >= 0.3 is 8.80 Å². The largest absolute Gasteiger partial charge is 0.502 e. The molecule has 0 fully saturated rings. The van der Waals surface area contributed by atoms with Crippen molar-refractivity contribution in [2.45, 2.75) is 19.4 Å². The van der Waals surface area contributed by atoms with Crippen LogP contribution in [-0.4, -0.2) is 35.6 Å². The minimum Gasteiger partial charge on any atom is -0.412 e. The lowest BCUT2D eigenvalue weighted by Crippen LogP contribution is -2.45. The first kappa shape index (κ1) is 13.6. The van der Waals surface area contributed by atoms with Crippen molar-refractivity contribution in [1.29, 1.82) is 0 Å². The summed E-state index contributed by atoms with van der Waals surface area (Å²) in [6.45, 7) is 4.06. The summed E-state index contributed by atoms with van der Waals surface area (Å²) in [5, 5.41) is 0. The van der Waals surface area contributed by atoms with Gasteiger partial charge in [-0.05, 0) is 0 Å². The van der Waals surface area contributed by atoms with E-state index in [1.165, 1.54) is 0 Å². The summed E-state index contributed by atoms with van der Waals surface area (Å²) in [4.78, 5) is 0. The summed E-state index contributed by atoms with van der Waals surface area (Å²) in [6, 6.07) is 0. The van der Waals surface area contributed by atoms with Crippen LogP contribution in [0.1, 0.15) is 13.8 Å². The van der Waals surface area contributed by atoms with Crippen molar-refractivity contribution in [3.63, 3.8) is 0 Å². The average Bonchev–Trinajstić information content (AvgIpc) is 1.92. The lowest BCUT2D eigenvalue weighted by molar-refractivity contribution is 0.115. The number of rotatable bonds is 4. The lowest BCUT2D eigenvalue weighted by atomic mass is 10.6. The Morgan fingerprint density at radius 1 is 0.909 bits per heavy atom.